The van der Waals surface area contributed by atoms with Crippen molar-refractivity contribution < 1.29 is 14.3 Å². The zero-order valence-corrected chi connectivity index (χ0v) is 21.7. The maximum atomic E-state index is 12.4. The van der Waals surface area contributed by atoms with Gasteiger partial charge in [0.15, 0.2) is 0 Å². The summed E-state index contributed by atoms with van der Waals surface area (Å²) in [7, 11) is 1.61. The Hall–Kier alpha value is -3.02. The summed E-state index contributed by atoms with van der Waals surface area (Å²) < 4.78 is 10.9. The Morgan fingerprint density at radius 3 is 2.50 bits per heavy atom. The molecule has 2 heterocycles. The molecule has 184 valence electrons. The number of aromatic nitrogens is 1. The molecule has 1 N–H and O–H groups in total. The second kappa shape index (κ2) is 10.5. The van der Waals surface area contributed by atoms with E-state index in [9.17, 15) is 4.79 Å². The van der Waals surface area contributed by atoms with Crippen LogP contribution in [-0.2, 0) is 9.47 Å². The van der Waals surface area contributed by atoms with Gasteiger partial charge < -0.3 is 19.4 Å². The van der Waals surface area contributed by atoms with E-state index in [0.717, 1.165) is 29.6 Å². The summed E-state index contributed by atoms with van der Waals surface area (Å²) in [5.41, 5.74) is 5.06. The first-order chi connectivity index (χ1) is 16.0. The van der Waals surface area contributed by atoms with Crippen molar-refractivity contribution in [1.29, 1.82) is 0 Å². The number of methoxy groups -OCH3 is 1. The van der Waals surface area contributed by atoms with Gasteiger partial charge in [-0.3, -0.25) is 0 Å². The van der Waals surface area contributed by atoms with Gasteiger partial charge in [-0.15, -0.1) is 0 Å². The number of nitrogens with zero attached hydrogens (tertiary/aromatic N) is 2. The number of piperidine rings is 1. The minimum absolute atomic E-state index is 0.215. The number of aliphatic imine (C=N–C) groups is 1. The summed E-state index contributed by atoms with van der Waals surface area (Å²) in [6, 6.07) is 6.69. The molecule has 0 aliphatic carbocycles. The average molecular weight is 466 g/mol. The molecule has 1 aromatic heterocycles. The lowest BCUT2D eigenvalue weighted by atomic mass is 9.87. The average Bonchev–Trinajstić information content (AvgIpc) is 3.17. The maximum Gasteiger partial charge on any atom is 0.410 e. The van der Waals surface area contributed by atoms with Crippen molar-refractivity contribution in [2.45, 2.75) is 71.8 Å². The van der Waals surface area contributed by atoms with E-state index in [1.54, 1.807) is 13.3 Å². The number of nitrogens with one attached hydrogen (secondary N) is 1. The number of hydrogen-bond acceptors (Lipinski definition) is 4. The summed E-state index contributed by atoms with van der Waals surface area (Å²) in [4.78, 5) is 22.1. The Kier molecular flexibility index (Phi) is 7.90. The number of allylic oxidation sites excluding steroid dienone is 2. The summed E-state index contributed by atoms with van der Waals surface area (Å²) >= 11 is 0. The lowest BCUT2D eigenvalue weighted by Gasteiger charge is -2.33. The van der Waals surface area contributed by atoms with Crippen LogP contribution < -0.4 is 0 Å². The third-order valence-electron chi connectivity index (χ3n) is 6.14. The van der Waals surface area contributed by atoms with E-state index in [1.165, 1.54) is 16.5 Å². The summed E-state index contributed by atoms with van der Waals surface area (Å²) in [6.45, 7) is 17.7. The van der Waals surface area contributed by atoms with Crippen molar-refractivity contribution in [3.8, 4) is 0 Å². The Labute approximate surface area is 203 Å². The zero-order chi connectivity index (χ0) is 25.0. The standard InChI is InChI=1S/C28H39N3O3/c1-9-29-24(33-8)16-19(4)26-25(18(2)3)22-17-21(10-11-23(22)30-26)20-12-14-31(15-13-20)27(32)34-28(5,6)7/h9-11,16-18,20,30H,4,12-15H2,1-3,5-8H3/b24-16+,29-9?. The molecule has 0 saturated carbocycles. The van der Waals surface area contributed by atoms with Crippen LogP contribution in [0.3, 0.4) is 0 Å². The van der Waals surface area contributed by atoms with Gasteiger partial charge in [-0.1, -0.05) is 26.5 Å². The molecule has 0 radical (unpaired) electrons. The van der Waals surface area contributed by atoms with E-state index < -0.39 is 5.60 Å². The highest BCUT2D eigenvalue weighted by molar-refractivity contribution is 5.91. The monoisotopic (exact) mass is 465 g/mol. The molecule has 1 amide bonds. The molecule has 0 bridgehead atoms. The second-order valence-electron chi connectivity index (χ2n) is 10.2. The second-order valence-corrected chi connectivity index (χ2v) is 10.2. The van der Waals surface area contributed by atoms with Gasteiger partial charge in [-0.25, -0.2) is 9.79 Å². The highest BCUT2D eigenvalue weighted by Crippen LogP contribution is 2.37. The predicted molar refractivity (Wildman–Crippen MR) is 140 cm³/mol. The molecule has 1 fully saturated rings. The highest BCUT2D eigenvalue weighted by Gasteiger charge is 2.28. The number of rotatable bonds is 6. The first-order valence-corrected chi connectivity index (χ1v) is 12.1. The van der Waals surface area contributed by atoms with Crippen molar-refractivity contribution >= 4 is 28.8 Å². The third-order valence-corrected chi connectivity index (χ3v) is 6.14. The summed E-state index contributed by atoms with van der Waals surface area (Å²) in [5, 5.41) is 1.23. The van der Waals surface area contributed by atoms with Gasteiger partial charge in [0.1, 0.15) is 5.60 Å². The molecule has 6 heteroatoms. The molecule has 0 unspecified atom stereocenters. The molecule has 6 nitrogen and oxygen atoms in total. The van der Waals surface area contributed by atoms with Crippen molar-refractivity contribution in [3.63, 3.8) is 0 Å². The van der Waals surface area contributed by atoms with E-state index >= 15 is 0 Å². The number of carbonyl (C=O) groups excluding carboxylic acids is 1. The molecule has 0 atom stereocenters. The van der Waals surface area contributed by atoms with Crippen molar-refractivity contribution in [1.82, 2.24) is 9.88 Å². The van der Waals surface area contributed by atoms with Crippen LogP contribution in [0.25, 0.3) is 16.5 Å². The number of benzene rings is 1. The molecule has 3 rings (SSSR count). The van der Waals surface area contributed by atoms with Gasteiger partial charge in [0.2, 0.25) is 5.88 Å². The molecule has 34 heavy (non-hydrogen) atoms. The van der Waals surface area contributed by atoms with Crippen LogP contribution >= 0.6 is 0 Å². The van der Waals surface area contributed by atoms with E-state index in [2.05, 4.69) is 48.6 Å². The van der Waals surface area contributed by atoms with Crippen LogP contribution in [0.2, 0.25) is 0 Å². The van der Waals surface area contributed by atoms with Crippen LogP contribution in [-0.4, -0.2) is 48.0 Å². The van der Waals surface area contributed by atoms with E-state index in [0.29, 0.717) is 30.8 Å². The van der Waals surface area contributed by atoms with Crippen LogP contribution in [0.4, 0.5) is 4.79 Å². The Morgan fingerprint density at radius 2 is 1.94 bits per heavy atom. The molecule has 2 aromatic rings. The fourth-order valence-electron chi connectivity index (χ4n) is 4.56. The lowest BCUT2D eigenvalue weighted by Crippen LogP contribution is -2.41. The van der Waals surface area contributed by atoms with Gasteiger partial charge in [0.25, 0.3) is 0 Å². The fourth-order valence-corrected chi connectivity index (χ4v) is 4.56. The van der Waals surface area contributed by atoms with Crippen LogP contribution in [0.1, 0.15) is 83.0 Å². The molecule has 1 saturated heterocycles. The molecule has 1 aliphatic heterocycles. The number of ether oxygens (including phenoxy) is 2. The number of H-pyrrole nitrogens is 1. The number of carbonyl (C=O) groups is 1. The highest BCUT2D eigenvalue weighted by atomic mass is 16.6. The third kappa shape index (κ3) is 5.91. The SMILES string of the molecule is C=C(/C=C(\N=CC)OC)c1[nH]c2ccc(C3CCN(C(=O)OC(C)(C)C)CC3)cc2c1C(C)C. The molecule has 0 spiro atoms. The summed E-state index contributed by atoms with van der Waals surface area (Å²) in [5.74, 6) is 1.26. The van der Waals surface area contributed by atoms with Gasteiger partial charge in [-0.2, -0.15) is 0 Å². The minimum atomic E-state index is -0.468. The van der Waals surface area contributed by atoms with Crippen molar-refractivity contribution in [3.05, 3.63) is 53.6 Å². The van der Waals surface area contributed by atoms with Gasteiger partial charge in [0.05, 0.1) is 7.11 Å². The molecular weight excluding hydrogens is 426 g/mol. The van der Waals surface area contributed by atoms with Gasteiger partial charge >= 0.3 is 6.09 Å². The van der Waals surface area contributed by atoms with E-state index in [-0.39, 0.29) is 6.09 Å². The number of hydrogen-bond donors (Lipinski definition) is 1. The smallest absolute Gasteiger partial charge is 0.410 e. The molecule has 1 aliphatic rings. The summed E-state index contributed by atoms with van der Waals surface area (Å²) in [6.07, 6.45) is 5.22. The lowest BCUT2D eigenvalue weighted by molar-refractivity contribution is 0.0205. The Balaban J connectivity index is 1.85. The maximum absolute atomic E-state index is 12.4. The van der Waals surface area contributed by atoms with Gasteiger partial charge in [0, 0.05) is 42.0 Å². The van der Waals surface area contributed by atoms with E-state index in [4.69, 9.17) is 9.47 Å². The largest absolute Gasteiger partial charge is 0.481 e. The first-order valence-electron chi connectivity index (χ1n) is 12.1. The molecule has 1 aromatic carbocycles. The van der Waals surface area contributed by atoms with Crippen LogP contribution in [0.15, 0.2) is 41.7 Å². The topological polar surface area (TPSA) is 66.9 Å². The Morgan fingerprint density at radius 1 is 1.26 bits per heavy atom. The first kappa shape index (κ1) is 25.6. The molecular formula is C28H39N3O3. The predicted octanol–water partition coefficient (Wildman–Crippen LogP) is 7.00. The normalized spacial score (nSPS) is 16.0. The van der Waals surface area contributed by atoms with Crippen LogP contribution in [0, 0.1) is 0 Å². The quantitative estimate of drug-likeness (QED) is 0.284. The van der Waals surface area contributed by atoms with Crippen LogP contribution in [0.5, 0.6) is 0 Å². The Bertz CT molecular complexity index is 1090. The number of aromatic amines is 1. The minimum Gasteiger partial charge on any atom is -0.481 e. The van der Waals surface area contributed by atoms with Crippen molar-refractivity contribution in [2.24, 2.45) is 4.99 Å². The number of amides is 1. The number of likely N-dealkylation sites (tertiary alicyclic amines) is 1. The van der Waals surface area contributed by atoms with Crippen molar-refractivity contribution in [2.75, 3.05) is 20.2 Å². The van der Waals surface area contributed by atoms with E-state index in [1.807, 2.05) is 38.7 Å². The number of fused-ring (bicyclic) bond motifs is 1. The van der Waals surface area contributed by atoms with Gasteiger partial charge in [-0.05, 0) is 81.2 Å². The zero-order valence-electron chi connectivity index (χ0n) is 21.7. The fraction of sp³-hybridized carbons (Fsp3) is 0.500.